The molecule has 4 nitrogen and oxygen atoms in total. The SMILES string of the molecule is O=C(NCC12CC3CC(CC(C3)C1)C2)C1CNCCO1. The summed E-state index contributed by atoms with van der Waals surface area (Å²) in [5, 5.41) is 6.43. The van der Waals surface area contributed by atoms with Crippen molar-refractivity contribution in [2.24, 2.45) is 23.2 Å². The predicted molar refractivity (Wildman–Crippen MR) is 76.2 cm³/mol. The quantitative estimate of drug-likeness (QED) is 0.818. The van der Waals surface area contributed by atoms with Crippen molar-refractivity contribution in [1.29, 1.82) is 0 Å². The van der Waals surface area contributed by atoms with Gasteiger partial charge in [-0.05, 0) is 61.7 Å². The van der Waals surface area contributed by atoms with E-state index < -0.39 is 0 Å². The summed E-state index contributed by atoms with van der Waals surface area (Å²) >= 11 is 0. The van der Waals surface area contributed by atoms with Crippen LogP contribution < -0.4 is 10.6 Å². The average Bonchev–Trinajstić information content (AvgIpc) is 2.44. The Bertz CT molecular complexity index is 355. The van der Waals surface area contributed by atoms with Gasteiger partial charge in [0.05, 0.1) is 6.61 Å². The zero-order chi connectivity index (χ0) is 13.6. The van der Waals surface area contributed by atoms with Crippen molar-refractivity contribution in [1.82, 2.24) is 10.6 Å². The lowest BCUT2D eigenvalue weighted by Crippen LogP contribution is -2.54. The minimum atomic E-state index is -0.280. The van der Waals surface area contributed by atoms with Gasteiger partial charge in [0.1, 0.15) is 6.10 Å². The molecule has 4 heteroatoms. The first-order valence-electron chi connectivity index (χ1n) is 8.32. The summed E-state index contributed by atoms with van der Waals surface area (Å²) in [5.74, 6) is 2.94. The standard InChI is InChI=1S/C16H26N2O2/c19-15(14-9-17-1-2-20-14)18-10-16-6-11-3-12(7-16)5-13(4-11)8-16/h11-14,17H,1-10H2,(H,18,19). The molecule has 1 amide bonds. The van der Waals surface area contributed by atoms with Gasteiger partial charge in [-0.25, -0.2) is 0 Å². The van der Waals surface area contributed by atoms with Crippen molar-refractivity contribution in [2.75, 3.05) is 26.2 Å². The van der Waals surface area contributed by atoms with Crippen LogP contribution >= 0.6 is 0 Å². The van der Waals surface area contributed by atoms with E-state index in [9.17, 15) is 4.79 Å². The van der Waals surface area contributed by atoms with Crippen LogP contribution in [0, 0.1) is 23.2 Å². The molecule has 4 saturated carbocycles. The number of amides is 1. The van der Waals surface area contributed by atoms with Gasteiger partial charge in [0.25, 0.3) is 0 Å². The summed E-state index contributed by atoms with van der Waals surface area (Å²) in [6.45, 7) is 3.05. The number of carbonyl (C=O) groups excluding carboxylic acids is 1. The van der Waals surface area contributed by atoms with Crippen LogP contribution in [0.4, 0.5) is 0 Å². The molecule has 1 unspecified atom stereocenters. The lowest BCUT2D eigenvalue weighted by Gasteiger charge is -2.57. The highest BCUT2D eigenvalue weighted by atomic mass is 16.5. The molecule has 0 aromatic carbocycles. The molecule has 0 aromatic heterocycles. The third-order valence-corrected chi connectivity index (χ3v) is 6.02. The number of hydrogen-bond donors (Lipinski definition) is 2. The van der Waals surface area contributed by atoms with E-state index in [4.69, 9.17) is 4.74 Å². The first kappa shape index (κ1) is 13.1. The molecule has 112 valence electrons. The maximum absolute atomic E-state index is 12.2. The Kier molecular flexibility index (Phi) is 3.26. The molecule has 1 atom stereocenters. The molecule has 1 heterocycles. The Balaban J connectivity index is 1.36. The first-order valence-corrected chi connectivity index (χ1v) is 8.32. The van der Waals surface area contributed by atoms with E-state index in [2.05, 4.69) is 10.6 Å². The third kappa shape index (κ3) is 2.37. The normalized spacial score (nSPS) is 46.4. The van der Waals surface area contributed by atoms with Crippen LogP contribution in [0.15, 0.2) is 0 Å². The van der Waals surface area contributed by atoms with Gasteiger partial charge in [-0.1, -0.05) is 0 Å². The van der Waals surface area contributed by atoms with Crippen LogP contribution in [0.2, 0.25) is 0 Å². The largest absolute Gasteiger partial charge is 0.366 e. The minimum Gasteiger partial charge on any atom is -0.366 e. The van der Waals surface area contributed by atoms with Crippen molar-refractivity contribution >= 4 is 5.91 Å². The number of hydrogen-bond acceptors (Lipinski definition) is 3. The summed E-state index contributed by atoms with van der Waals surface area (Å²) in [7, 11) is 0. The molecule has 5 aliphatic rings. The van der Waals surface area contributed by atoms with E-state index >= 15 is 0 Å². The van der Waals surface area contributed by atoms with E-state index in [-0.39, 0.29) is 12.0 Å². The van der Waals surface area contributed by atoms with Crippen LogP contribution in [0.3, 0.4) is 0 Å². The summed E-state index contributed by atoms with van der Waals surface area (Å²) < 4.78 is 5.54. The molecule has 4 bridgehead atoms. The van der Waals surface area contributed by atoms with Gasteiger partial charge in [-0.15, -0.1) is 0 Å². The lowest BCUT2D eigenvalue weighted by molar-refractivity contribution is -0.136. The summed E-state index contributed by atoms with van der Waals surface area (Å²) in [6, 6.07) is 0. The number of carbonyl (C=O) groups is 1. The molecule has 0 radical (unpaired) electrons. The fourth-order valence-electron chi connectivity index (χ4n) is 5.63. The Morgan fingerprint density at radius 1 is 1.15 bits per heavy atom. The topological polar surface area (TPSA) is 50.4 Å². The highest BCUT2D eigenvalue weighted by Crippen LogP contribution is 2.59. The summed E-state index contributed by atoms with van der Waals surface area (Å²) in [4.78, 5) is 12.2. The minimum absolute atomic E-state index is 0.0907. The second-order valence-electron chi connectivity index (χ2n) is 7.70. The fraction of sp³-hybridized carbons (Fsp3) is 0.938. The van der Waals surface area contributed by atoms with Crippen molar-refractivity contribution in [2.45, 2.75) is 44.6 Å². The van der Waals surface area contributed by atoms with Crippen molar-refractivity contribution in [3.05, 3.63) is 0 Å². The van der Waals surface area contributed by atoms with Crippen LogP contribution in [0.25, 0.3) is 0 Å². The molecule has 20 heavy (non-hydrogen) atoms. The Morgan fingerprint density at radius 3 is 2.35 bits per heavy atom. The van der Waals surface area contributed by atoms with Crippen LogP contribution in [-0.2, 0) is 9.53 Å². The Morgan fingerprint density at radius 2 is 1.80 bits per heavy atom. The molecule has 0 spiro atoms. The van der Waals surface area contributed by atoms with E-state index in [0.29, 0.717) is 18.6 Å². The van der Waals surface area contributed by atoms with Gasteiger partial charge in [0.15, 0.2) is 0 Å². The van der Waals surface area contributed by atoms with Crippen molar-refractivity contribution in [3.8, 4) is 0 Å². The second kappa shape index (κ2) is 4.99. The molecule has 2 N–H and O–H groups in total. The van der Waals surface area contributed by atoms with Crippen LogP contribution in [-0.4, -0.2) is 38.3 Å². The smallest absolute Gasteiger partial charge is 0.250 e. The van der Waals surface area contributed by atoms with Crippen LogP contribution in [0.1, 0.15) is 38.5 Å². The van der Waals surface area contributed by atoms with Crippen LogP contribution in [0.5, 0.6) is 0 Å². The first-order chi connectivity index (χ1) is 9.72. The third-order valence-electron chi connectivity index (χ3n) is 6.02. The molecule has 5 fully saturated rings. The van der Waals surface area contributed by atoms with E-state index in [1.165, 1.54) is 38.5 Å². The zero-order valence-electron chi connectivity index (χ0n) is 12.2. The number of morpholine rings is 1. The fourth-order valence-corrected chi connectivity index (χ4v) is 5.63. The van der Waals surface area contributed by atoms with Crippen molar-refractivity contribution < 1.29 is 9.53 Å². The monoisotopic (exact) mass is 278 g/mol. The Labute approximate surface area is 121 Å². The molecule has 5 rings (SSSR count). The van der Waals surface area contributed by atoms with E-state index in [1.54, 1.807) is 0 Å². The highest BCUT2D eigenvalue weighted by molar-refractivity contribution is 5.81. The molecule has 4 aliphatic carbocycles. The molecule has 0 aromatic rings. The lowest BCUT2D eigenvalue weighted by atomic mass is 9.49. The van der Waals surface area contributed by atoms with Gasteiger partial charge in [-0.2, -0.15) is 0 Å². The van der Waals surface area contributed by atoms with Gasteiger partial charge in [0.2, 0.25) is 5.91 Å². The number of ether oxygens (including phenoxy) is 1. The number of rotatable bonds is 3. The molecular formula is C16H26N2O2. The highest BCUT2D eigenvalue weighted by Gasteiger charge is 2.50. The predicted octanol–water partition coefficient (Wildman–Crippen LogP) is 1.31. The summed E-state index contributed by atoms with van der Waals surface area (Å²) in [5.41, 5.74) is 0.423. The molecule has 1 aliphatic heterocycles. The average molecular weight is 278 g/mol. The van der Waals surface area contributed by atoms with E-state index in [1.807, 2.05) is 0 Å². The maximum atomic E-state index is 12.2. The maximum Gasteiger partial charge on any atom is 0.250 e. The second-order valence-corrected chi connectivity index (χ2v) is 7.70. The zero-order valence-corrected chi connectivity index (χ0v) is 12.2. The van der Waals surface area contributed by atoms with Gasteiger partial charge < -0.3 is 15.4 Å². The molecular weight excluding hydrogens is 252 g/mol. The van der Waals surface area contributed by atoms with Gasteiger partial charge in [-0.3, -0.25) is 4.79 Å². The van der Waals surface area contributed by atoms with Gasteiger partial charge >= 0.3 is 0 Å². The Hall–Kier alpha value is -0.610. The molecule has 1 saturated heterocycles. The van der Waals surface area contributed by atoms with E-state index in [0.717, 1.165) is 30.8 Å². The number of nitrogens with one attached hydrogen (secondary N) is 2. The van der Waals surface area contributed by atoms with Crippen molar-refractivity contribution in [3.63, 3.8) is 0 Å². The summed E-state index contributed by atoms with van der Waals surface area (Å²) in [6.07, 6.45) is 8.15. The van der Waals surface area contributed by atoms with Gasteiger partial charge in [0, 0.05) is 19.6 Å².